The molecule has 1 rings (SSSR count). The van der Waals surface area contributed by atoms with Gasteiger partial charge in [0.1, 0.15) is 0 Å². The van der Waals surface area contributed by atoms with Crippen LogP contribution in [0, 0.1) is 0 Å². The van der Waals surface area contributed by atoms with E-state index in [9.17, 15) is 8.78 Å². The number of hydrogen-bond donors (Lipinski definition) is 1. The smallest absolute Gasteiger partial charge is 0.288 e. The van der Waals surface area contributed by atoms with Crippen molar-refractivity contribution in [2.24, 2.45) is 0 Å². The van der Waals surface area contributed by atoms with Gasteiger partial charge in [0.25, 0.3) is 5.76 Å². The summed E-state index contributed by atoms with van der Waals surface area (Å²) in [6.45, 7) is 2.59. The molecule has 1 unspecified atom stereocenters. The lowest BCUT2D eigenvalue weighted by Crippen LogP contribution is -2.24. The fraction of sp³-hybridized carbons (Fsp3) is 0.500. The van der Waals surface area contributed by atoms with Crippen LogP contribution in [0.25, 0.3) is 0 Å². The molecule has 0 aliphatic rings. The Morgan fingerprint density at radius 3 is 2.65 bits per heavy atom. The van der Waals surface area contributed by atoms with Gasteiger partial charge in [-0.3, -0.25) is 0 Å². The number of rotatable bonds is 7. The third-order valence-electron chi connectivity index (χ3n) is 2.32. The Balaban J connectivity index is 2.74. The lowest BCUT2D eigenvalue weighted by atomic mass is 10.2. The average Bonchev–Trinajstić information content (AvgIpc) is 2.30. The third-order valence-corrected chi connectivity index (χ3v) is 3.11. The zero-order valence-electron chi connectivity index (χ0n) is 9.95. The predicted molar refractivity (Wildman–Crippen MR) is 67.9 cm³/mol. The maximum atomic E-state index is 12.4. The molecule has 5 heteroatoms. The summed E-state index contributed by atoms with van der Waals surface area (Å²) in [6.07, 6.45) is 0.877. The van der Waals surface area contributed by atoms with Gasteiger partial charge in [-0.15, -0.1) is 0 Å². The number of halogens is 2. The molecule has 2 nitrogen and oxygen atoms in total. The van der Waals surface area contributed by atoms with E-state index in [0.717, 1.165) is 12.1 Å². The first-order valence-electron chi connectivity index (χ1n) is 5.46. The first-order valence-corrected chi connectivity index (χ1v) is 6.34. The Morgan fingerprint density at radius 1 is 1.35 bits per heavy atom. The van der Waals surface area contributed by atoms with Crippen molar-refractivity contribution in [2.45, 2.75) is 30.0 Å². The van der Waals surface area contributed by atoms with Gasteiger partial charge in [-0.2, -0.15) is 8.78 Å². The summed E-state index contributed by atoms with van der Waals surface area (Å²) in [4.78, 5) is 0.567. The van der Waals surface area contributed by atoms with E-state index in [-0.39, 0.29) is 6.04 Å². The Kier molecular flexibility index (Phi) is 6.29. The first-order chi connectivity index (χ1) is 8.17. The molecule has 0 saturated heterocycles. The molecule has 1 aromatic rings. The van der Waals surface area contributed by atoms with Gasteiger partial charge in [0.15, 0.2) is 0 Å². The Hall–Kier alpha value is -0.810. The molecule has 0 heterocycles. The molecule has 1 N–H and O–H groups in total. The number of para-hydroxylation sites is 1. The summed E-state index contributed by atoms with van der Waals surface area (Å²) in [5.41, 5.74) is 0.738. The van der Waals surface area contributed by atoms with Gasteiger partial charge in [-0.05, 0) is 18.6 Å². The monoisotopic (exact) mass is 261 g/mol. The quantitative estimate of drug-likeness (QED) is 0.753. The summed E-state index contributed by atoms with van der Waals surface area (Å²) < 4.78 is 29.8. The summed E-state index contributed by atoms with van der Waals surface area (Å²) >= 11 is 0.559. The lowest BCUT2D eigenvalue weighted by molar-refractivity contribution is 0.184. The number of anilines is 1. The van der Waals surface area contributed by atoms with E-state index < -0.39 is 5.76 Å². The third kappa shape index (κ3) is 4.91. The Morgan fingerprint density at radius 2 is 2.06 bits per heavy atom. The second-order valence-electron chi connectivity index (χ2n) is 3.58. The molecule has 0 aliphatic heterocycles. The van der Waals surface area contributed by atoms with Crippen LogP contribution in [0.4, 0.5) is 14.5 Å². The molecule has 0 saturated carbocycles. The summed E-state index contributed by atoms with van der Waals surface area (Å²) in [7, 11) is 1.63. The molecule has 1 aromatic carbocycles. The van der Waals surface area contributed by atoms with E-state index in [1.807, 2.05) is 19.1 Å². The molecule has 0 bridgehead atoms. The van der Waals surface area contributed by atoms with Crippen LogP contribution in [0.3, 0.4) is 0 Å². The minimum Gasteiger partial charge on any atom is -0.383 e. The second-order valence-corrected chi connectivity index (χ2v) is 4.61. The Bertz CT molecular complexity index is 336. The number of thioether (sulfide) groups is 1. The summed E-state index contributed by atoms with van der Waals surface area (Å²) in [5, 5.41) is 3.22. The van der Waals surface area contributed by atoms with Crippen LogP contribution < -0.4 is 5.32 Å². The Labute approximate surface area is 105 Å². The van der Waals surface area contributed by atoms with E-state index in [4.69, 9.17) is 4.74 Å². The topological polar surface area (TPSA) is 21.3 Å². The van der Waals surface area contributed by atoms with Gasteiger partial charge in [0, 0.05) is 23.7 Å². The van der Waals surface area contributed by atoms with E-state index in [1.54, 1.807) is 19.2 Å². The van der Waals surface area contributed by atoms with Crippen LogP contribution in [-0.2, 0) is 4.74 Å². The maximum absolute atomic E-state index is 12.4. The highest BCUT2D eigenvalue weighted by molar-refractivity contribution is 7.99. The highest BCUT2D eigenvalue weighted by Crippen LogP contribution is 2.32. The fourth-order valence-corrected chi connectivity index (χ4v) is 2.07. The van der Waals surface area contributed by atoms with Crippen LogP contribution >= 0.6 is 11.8 Å². The number of benzene rings is 1. The highest BCUT2D eigenvalue weighted by atomic mass is 32.2. The number of ether oxygens (including phenoxy) is 1. The van der Waals surface area contributed by atoms with E-state index in [1.165, 1.54) is 0 Å². The molecule has 0 amide bonds. The highest BCUT2D eigenvalue weighted by Gasteiger charge is 2.12. The summed E-state index contributed by atoms with van der Waals surface area (Å²) in [5.74, 6) is -2.40. The standard InChI is InChI=1S/C12H17F2NOS/c1-3-9(8-16-2)15-10-6-4-5-7-11(10)17-12(13)14/h4-7,9,12,15H,3,8H2,1-2H3. The molecular formula is C12H17F2NOS. The minimum atomic E-state index is -2.40. The maximum Gasteiger partial charge on any atom is 0.288 e. The van der Waals surface area contributed by atoms with Gasteiger partial charge in [-0.25, -0.2) is 0 Å². The molecule has 96 valence electrons. The van der Waals surface area contributed by atoms with Crippen LogP contribution in [0.15, 0.2) is 29.2 Å². The SMILES string of the molecule is CCC(COC)Nc1ccccc1SC(F)F. The van der Waals surface area contributed by atoms with Gasteiger partial charge < -0.3 is 10.1 Å². The van der Waals surface area contributed by atoms with Crippen LogP contribution in [0.5, 0.6) is 0 Å². The number of methoxy groups -OCH3 is 1. The molecule has 0 fully saturated rings. The van der Waals surface area contributed by atoms with E-state index >= 15 is 0 Å². The van der Waals surface area contributed by atoms with Crippen molar-refractivity contribution >= 4 is 17.4 Å². The number of nitrogens with one attached hydrogen (secondary N) is 1. The largest absolute Gasteiger partial charge is 0.383 e. The second kappa shape index (κ2) is 7.50. The predicted octanol–water partition coefficient (Wildman–Crippen LogP) is 3.84. The van der Waals surface area contributed by atoms with Crippen molar-refractivity contribution in [3.8, 4) is 0 Å². The van der Waals surface area contributed by atoms with Gasteiger partial charge in [-0.1, -0.05) is 30.8 Å². The van der Waals surface area contributed by atoms with Gasteiger partial charge in [0.05, 0.1) is 6.61 Å². The number of hydrogen-bond acceptors (Lipinski definition) is 3. The molecular weight excluding hydrogens is 244 g/mol. The van der Waals surface area contributed by atoms with Crippen LogP contribution in [-0.4, -0.2) is 25.5 Å². The van der Waals surface area contributed by atoms with Crippen molar-refractivity contribution in [1.82, 2.24) is 0 Å². The van der Waals surface area contributed by atoms with Crippen molar-refractivity contribution in [3.63, 3.8) is 0 Å². The molecule has 17 heavy (non-hydrogen) atoms. The number of alkyl halides is 2. The van der Waals surface area contributed by atoms with Gasteiger partial charge >= 0.3 is 0 Å². The molecule has 0 radical (unpaired) electrons. The van der Waals surface area contributed by atoms with Crippen molar-refractivity contribution in [3.05, 3.63) is 24.3 Å². The lowest BCUT2D eigenvalue weighted by Gasteiger charge is -2.19. The van der Waals surface area contributed by atoms with E-state index in [0.29, 0.717) is 23.3 Å². The zero-order chi connectivity index (χ0) is 12.7. The molecule has 0 aromatic heterocycles. The van der Waals surface area contributed by atoms with Crippen molar-refractivity contribution in [1.29, 1.82) is 0 Å². The molecule has 1 atom stereocenters. The van der Waals surface area contributed by atoms with Crippen LogP contribution in [0.1, 0.15) is 13.3 Å². The van der Waals surface area contributed by atoms with Crippen molar-refractivity contribution < 1.29 is 13.5 Å². The average molecular weight is 261 g/mol. The minimum absolute atomic E-state index is 0.138. The fourth-order valence-electron chi connectivity index (χ4n) is 1.47. The zero-order valence-corrected chi connectivity index (χ0v) is 10.8. The molecule has 0 aliphatic carbocycles. The summed E-state index contributed by atoms with van der Waals surface area (Å²) in [6, 6.07) is 7.23. The molecule has 0 spiro atoms. The van der Waals surface area contributed by atoms with E-state index in [2.05, 4.69) is 5.32 Å². The first kappa shape index (κ1) is 14.3. The van der Waals surface area contributed by atoms with Gasteiger partial charge in [0.2, 0.25) is 0 Å². The van der Waals surface area contributed by atoms with Crippen LogP contribution in [0.2, 0.25) is 0 Å². The normalized spacial score (nSPS) is 12.8. The van der Waals surface area contributed by atoms with Crippen molar-refractivity contribution in [2.75, 3.05) is 19.0 Å².